The number of carbonyl (C=O) groups is 3. The Hall–Kier alpha value is -2.12. The second-order valence-corrected chi connectivity index (χ2v) is 9.89. The van der Waals surface area contributed by atoms with E-state index in [4.69, 9.17) is 16.2 Å². The van der Waals surface area contributed by atoms with Gasteiger partial charge >= 0.3 is 5.97 Å². The van der Waals surface area contributed by atoms with Crippen molar-refractivity contribution in [2.24, 2.45) is 11.5 Å². The molecule has 1 aromatic heterocycles. The molecule has 0 radical (unpaired) electrons. The molecule has 0 aromatic carbocycles. The Labute approximate surface area is 175 Å². The fourth-order valence-corrected chi connectivity index (χ4v) is 5.49. The molecule has 1 aromatic rings. The summed E-state index contributed by atoms with van der Waals surface area (Å²) >= 11 is 2.71. The number of nitrogens with one attached hydrogen (secondary N) is 1. The average Bonchev–Trinajstić information content (AvgIpc) is 3.14. The molecule has 11 nitrogen and oxygen atoms in total. The minimum atomic E-state index is -0.741. The molecule has 5 N–H and O–H groups in total. The van der Waals surface area contributed by atoms with Crippen molar-refractivity contribution in [1.29, 1.82) is 0 Å². The van der Waals surface area contributed by atoms with Crippen LogP contribution in [-0.4, -0.2) is 71.3 Å². The fourth-order valence-electron chi connectivity index (χ4n) is 3.01. The smallest absolute Gasteiger partial charge is 0.355 e. The van der Waals surface area contributed by atoms with Gasteiger partial charge in [0.05, 0.1) is 0 Å². The van der Waals surface area contributed by atoms with Gasteiger partial charge in [0.1, 0.15) is 22.7 Å². The number of nitrogens with zero attached hydrogens (tertiary/aromatic N) is 4. The topological polar surface area (TPSA) is 170 Å². The molecular weight excluding hydrogens is 418 g/mol. The number of amides is 2. The van der Waals surface area contributed by atoms with Crippen molar-refractivity contribution in [3.05, 3.63) is 11.3 Å². The number of esters is 1. The van der Waals surface area contributed by atoms with Crippen LogP contribution in [0, 0.1) is 0 Å². The minimum absolute atomic E-state index is 0.0994. The Balaban J connectivity index is 2.00. The van der Waals surface area contributed by atoms with Crippen LogP contribution in [0.1, 0.15) is 33.6 Å². The van der Waals surface area contributed by atoms with E-state index in [-0.39, 0.29) is 28.6 Å². The molecule has 0 bridgehead atoms. The second-order valence-electron chi connectivity index (χ2n) is 7.62. The van der Waals surface area contributed by atoms with Crippen LogP contribution in [0.3, 0.4) is 0 Å². The third-order valence-corrected chi connectivity index (χ3v) is 6.76. The number of tetrazole rings is 1. The van der Waals surface area contributed by atoms with Crippen LogP contribution in [0.4, 0.5) is 0 Å². The van der Waals surface area contributed by atoms with Crippen LogP contribution in [-0.2, 0) is 19.1 Å². The van der Waals surface area contributed by atoms with E-state index in [1.165, 1.54) is 28.4 Å². The molecule has 29 heavy (non-hydrogen) atoms. The van der Waals surface area contributed by atoms with Gasteiger partial charge < -0.3 is 16.2 Å². The van der Waals surface area contributed by atoms with Gasteiger partial charge in [0.2, 0.25) is 17.0 Å². The third-order valence-electron chi connectivity index (χ3n) is 4.25. The molecule has 158 valence electrons. The quantitative estimate of drug-likeness (QED) is 0.291. The summed E-state index contributed by atoms with van der Waals surface area (Å²) in [6.07, 6.45) is 0.442. The molecule has 2 amide bonds. The Morgan fingerprint density at radius 2 is 2.17 bits per heavy atom. The summed E-state index contributed by atoms with van der Waals surface area (Å²) in [5.41, 5.74) is 11.3. The summed E-state index contributed by atoms with van der Waals surface area (Å²) in [6, 6.07) is -0.659. The van der Waals surface area contributed by atoms with Crippen LogP contribution in [0.5, 0.6) is 0 Å². The summed E-state index contributed by atoms with van der Waals surface area (Å²) in [4.78, 5) is 38.3. The summed E-state index contributed by atoms with van der Waals surface area (Å²) in [7, 11) is 0. The number of carbonyl (C=O) groups excluding carboxylic acids is 3. The number of rotatable bonds is 7. The molecule has 2 aliphatic rings. The van der Waals surface area contributed by atoms with Gasteiger partial charge in [-0.3, -0.25) is 14.5 Å². The number of fused-ring (bicyclic) bond motifs is 1. The predicted octanol–water partition coefficient (Wildman–Crippen LogP) is -0.236. The van der Waals surface area contributed by atoms with Crippen LogP contribution >= 0.6 is 23.5 Å². The monoisotopic (exact) mass is 441 g/mol. The summed E-state index contributed by atoms with van der Waals surface area (Å²) in [5.74, 6) is -0.952. The number of aromatic amines is 1. The van der Waals surface area contributed by atoms with Crippen molar-refractivity contribution < 1.29 is 19.1 Å². The Bertz CT molecular complexity index is 837. The zero-order valence-electron chi connectivity index (χ0n) is 16.2. The van der Waals surface area contributed by atoms with Gasteiger partial charge in [-0.15, -0.1) is 22.0 Å². The largest absolute Gasteiger partial charge is 0.455 e. The Morgan fingerprint density at radius 1 is 1.45 bits per heavy atom. The van der Waals surface area contributed by atoms with Crippen molar-refractivity contribution in [2.75, 3.05) is 5.75 Å². The fraction of sp³-hybridized carbons (Fsp3) is 0.625. The molecule has 2 aliphatic heterocycles. The number of ether oxygens (including phenoxy) is 1. The minimum Gasteiger partial charge on any atom is -0.455 e. The molecule has 1 saturated heterocycles. The lowest BCUT2D eigenvalue weighted by atomic mass is 10.00. The lowest BCUT2D eigenvalue weighted by Crippen LogP contribution is -2.68. The first-order valence-electron chi connectivity index (χ1n) is 8.93. The van der Waals surface area contributed by atoms with E-state index in [0.29, 0.717) is 22.9 Å². The van der Waals surface area contributed by atoms with Crippen molar-refractivity contribution >= 4 is 41.3 Å². The number of hydrogen-bond donors (Lipinski definition) is 3. The van der Waals surface area contributed by atoms with Crippen LogP contribution in [0.25, 0.3) is 0 Å². The number of β-lactam (4-membered cyclic amide) rings is 1. The zero-order valence-corrected chi connectivity index (χ0v) is 17.9. The number of nitrogens with two attached hydrogens (primary N) is 2. The molecule has 0 spiro atoms. The van der Waals surface area contributed by atoms with Gasteiger partial charge in [-0.1, -0.05) is 11.8 Å². The number of hydrogen-bond acceptors (Lipinski definition) is 10. The molecule has 1 fully saturated rings. The molecule has 3 atom stereocenters. The number of thioether (sulfide) groups is 2. The van der Waals surface area contributed by atoms with E-state index in [1.54, 1.807) is 20.8 Å². The van der Waals surface area contributed by atoms with Crippen molar-refractivity contribution in [1.82, 2.24) is 25.5 Å². The SMILES string of the molecule is CC(C)(C)OC(=O)C1=C(C(CCC(N)=O)Sc2nn[nH]n2)CS[C@@H]2C(N)C(=O)N12. The van der Waals surface area contributed by atoms with Gasteiger partial charge in [-0.05, 0) is 38.0 Å². The summed E-state index contributed by atoms with van der Waals surface area (Å²) in [5, 5.41) is 13.4. The summed E-state index contributed by atoms with van der Waals surface area (Å²) in [6.45, 7) is 5.26. The van der Waals surface area contributed by atoms with Crippen molar-refractivity contribution in [3.8, 4) is 0 Å². The van der Waals surface area contributed by atoms with Crippen LogP contribution in [0.2, 0.25) is 0 Å². The van der Waals surface area contributed by atoms with Crippen LogP contribution in [0.15, 0.2) is 16.4 Å². The standard InChI is InChI=1S/C16H23N7O4S2/c1-16(2,3)27-14(26)11-7(6-28-13-10(18)12(25)23(11)13)8(4-5-9(17)24)29-15-19-21-22-20-15/h8,10,13H,4-6,18H2,1-3H3,(H2,17,24)(H,19,20,21,22)/t8?,10?,13-/m1/s1. The van der Waals surface area contributed by atoms with E-state index in [9.17, 15) is 14.4 Å². The molecule has 3 rings (SSSR count). The number of primary amides is 1. The van der Waals surface area contributed by atoms with Gasteiger partial charge in [-0.25, -0.2) is 4.79 Å². The first-order chi connectivity index (χ1) is 13.6. The van der Waals surface area contributed by atoms with E-state index in [1.807, 2.05) is 0 Å². The summed E-state index contributed by atoms with van der Waals surface area (Å²) < 4.78 is 5.56. The molecule has 2 unspecified atom stereocenters. The van der Waals surface area contributed by atoms with Gasteiger partial charge in [-0.2, -0.15) is 5.21 Å². The molecular formula is C16H23N7O4S2. The molecule has 0 aliphatic carbocycles. The average molecular weight is 442 g/mol. The van der Waals surface area contributed by atoms with Crippen molar-refractivity contribution in [3.63, 3.8) is 0 Å². The lowest BCUT2D eigenvalue weighted by molar-refractivity contribution is -0.158. The highest BCUT2D eigenvalue weighted by molar-refractivity contribution is 8.01. The maximum absolute atomic E-state index is 13.0. The van der Waals surface area contributed by atoms with Gasteiger partial charge in [0, 0.05) is 17.4 Å². The molecule has 3 heterocycles. The van der Waals surface area contributed by atoms with E-state index in [2.05, 4.69) is 20.6 Å². The maximum Gasteiger partial charge on any atom is 0.355 e. The maximum atomic E-state index is 13.0. The highest BCUT2D eigenvalue weighted by atomic mass is 32.2. The zero-order chi connectivity index (χ0) is 21.3. The third kappa shape index (κ3) is 4.73. The Morgan fingerprint density at radius 3 is 2.76 bits per heavy atom. The van der Waals surface area contributed by atoms with Gasteiger partial charge in [0.25, 0.3) is 0 Å². The number of H-pyrrole nitrogens is 1. The second kappa shape index (κ2) is 8.32. The highest BCUT2D eigenvalue weighted by Crippen LogP contribution is 2.44. The Kier molecular flexibility index (Phi) is 6.19. The normalized spacial score (nSPS) is 22.8. The molecule has 0 saturated carbocycles. The lowest BCUT2D eigenvalue weighted by Gasteiger charge is -2.49. The van der Waals surface area contributed by atoms with Crippen molar-refractivity contribution in [2.45, 2.75) is 61.0 Å². The van der Waals surface area contributed by atoms with E-state index in [0.717, 1.165) is 0 Å². The van der Waals surface area contributed by atoms with E-state index >= 15 is 0 Å². The first-order valence-corrected chi connectivity index (χ1v) is 10.9. The predicted molar refractivity (Wildman–Crippen MR) is 106 cm³/mol. The highest BCUT2D eigenvalue weighted by Gasteiger charge is 2.53. The number of aromatic nitrogens is 4. The van der Waals surface area contributed by atoms with E-state index < -0.39 is 23.5 Å². The van der Waals surface area contributed by atoms with Crippen LogP contribution < -0.4 is 11.5 Å². The van der Waals surface area contributed by atoms with Gasteiger partial charge in [0.15, 0.2) is 0 Å². The first kappa shape index (κ1) is 21.6. The molecule has 13 heteroatoms.